The Hall–Kier alpha value is -0.170. The van der Waals surface area contributed by atoms with Gasteiger partial charge in [0.05, 0.1) is 11.9 Å². The molecule has 0 aromatic carbocycles. The van der Waals surface area contributed by atoms with E-state index in [-0.39, 0.29) is 17.9 Å². The highest BCUT2D eigenvalue weighted by molar-refractivity contribution is 7.89. The molecule has 2 aliphatic rings. The van der Waals surface area contributed by atoms with E-state index in [1.54, 1.807) is 0 Å². The summed E-state index contributed by atoms with van der Waals surface area (Å²) in [6.07, 6.45) is 5.69. The summed E-state index contributed by atoms with van der Waals surface area (Å²) in [7, 11) is -1.22. The topological polar surface area (TPSA) is 67.4 Å². The molecule has 1 saturated heterocycles. The van der Waals surface area contributed by atoms with Crippen molar-refractivity contribution in [3.05, 3.63) is 0 Å². The molecule has 1 atom stereocenters. The van der Waals surface area contributed by atoms with Crippen molar-refractivity contribution in [1.82, 2.24) is 10.0 Å². The fourth-order valence-corrected chi connectivity index (χ4v) is 4.41. The van der Waals surface area contributed by atoms with Gasteiger partial charge in [-0.25, -0.2) is 13.1 Å². The van der Waals surface area contributed by atoms with Crippen LogP contribution in [0.4, 0.5) is 0 Å². The quantitative estimate of drug-likeness (QED) is 0.772. The molecule has 1 aliphatic heterocycles. The lowest BCUT2D eigenvalue weighted by Crippen LogP contribution is -2.43. The van der Waals surface area contributed by atoms with Crippen molar-refractivity contribution < 1.29 is 13.2 Å². The standard InChI is InChI=1S/C12H24N2O3S/c1-13-10-4-6-11(7-5-10)14-18(15,16)9-12-3-2-8-17-12/h10-14H,2-9H2,1H3. The van der Waals surface area contributed by atoms with E-state index in [1.165, 1.54) is 0 Å². The monoisotopic (exact) mass is 276 g/mol. The molecule has 0 spiro atoms. The van der Waals surface area contributed by atoms with Gasteiger partial charge in [-0.05, 0) is 45.6 Å². The molecule has 1 saturated carbocycles. The van der Waals surface area contributed by atoms with Gasteiger partial charge < -0.3 is 10.1 Å². The van der Waals surface area contributed by atoms with E-state index in [9.17, 15) is 8.42 Å². The summed E-state index contributed by atoms with van der Waals surface area (Å²) >= 11 is 0. The molecule has 1 heterocycles. The van der Waals surface area contributed by atoms with Crippen molar-refractivity contribution in [3.63, 3.8) is 0 Å². The summed E-state index contributed by atoms with van der Waals surface area (Å²) in [5, 5.41) is 3.25. The maximum atomic E-state index is 12.0. The van der Waals surface area contributed by atoms with Gasteiger partial charge in [-0.3, -0.25) is 0 Å². The molecule has 0 bridgehead atoms. The number of hydrogen-bond acceptors (Lipinski definition) is 4. The van der Waals surface area contributed by atoms with Gasteiger partial charge in [-0.15, -0.1) is 0 Å². The molecular weight excluding hydrogens is 252 g/mol. The Labute approximate surface area is 110 Å². The van der Waals surface area contributed by atoms with Crippen LogP contribution in [0.5, 0.6) is 0 Å². The van der Waals surface area contributed by atoms with Crippen molar-refractivity contribution in [3.8, 4) is 0 Å². The lowest BCUT2D eigenvalue weighted by Gasteiger charge is -2.28. The van der Waals surface area contributed by atoms with Crippen molar-refractivity contribution >= 4 is 10.0 Å². The van der Waals surface area contributed by atoms with Gasteiger partial charge in [0.1, 0.15) is 0 Å². The maximum Gasteiger partial charge on any atom is 0.214 e. The van der Waals surface area contributed by atoms with Crippen LogP contribution in [-0.4, -0.2) is 46.0 Å². The molecule has 2 N–H and O–H groups in total. The highest BCUT2D eigenvalue weighted by Crippen LogP contribution is 2.20. The van der Waals surface area contributed by atoms with Crippen LogP contribution in [0.1, 0.15) is 38.5 Å². The minimum absolute atomic E-state index is 0.101. The smallest absolute Gasteiger partial charge is 0.214 e. The normalized spacial score (nSPS) is 33.7. The number of rotatable bonds is 5. The van der Waals surface area contributed by atoms with Crippen LogP contribution in [0, 0.1) is 0 Å². The van der Waals surface area contributed by atoms with Gasteiger partial charge in [-0.2, -0.15) is 0 Å². The highest BCUT2D eigenvalue weighted by atomic mass is 32.2. The van der Waals surface area contributed by atoms with Crippen molar-refractivity contribution in [2.45, 2.75) is 56.7 Å². The van der Waals surface area contributed by atoms with E-state index >= 15 is 0 Å². The van der Waals surface area contributed by atoms with E-state index in [0.29, 0.717) is 12.6 Å². The lowest BCUT2D eigenvalue weighted by atomic mass is 9.92. The predicted octanol–water partition coefficient (Wildman–Crippen LogP) is 0.615. The molecule has 0 radical (unpaired) electrons. The molecule has 0 amide bonds. The van der Waals surface area contributed by atoms with Crippen LogP contribution < -0.4 is 10.0 Å². The van der Waals surface area contributed by atoms with Crippen LogP contribution in [0.15, 0.2) is 0 Å². The zero-order valence-electron chi connectivity index (χ0n) is 11.0. The van der Waals surface area contributed by atoms with Crippen molar-refractivity contribution in [1.29, 1.82) is 0 Å². The van der Waals surface area contributed by atoms with E-state index in [1.807, 2.05) is 7.05 Å². The molecule has 18 heavy (non-hydrogen) atoms. The number of ether oxygens (including phenoxy) is 1. The van der Waals surface area contributed by atoms with Gasteiger partial charge in [0.25, 0.3) is 0 Å². The van der Waals surface area contributed by atoms with Gasteiger partial charge in [-0.1, -0.05) is 0 Å². The Balaban J connectivity index is 1.77. The molecule has 2 fully saturated rings. The third-order valence-corrected chi connectivity index (χ3v) is 5.41. The Kier molecular flexibility index (Phi) is 5.00. The predicted molar refractivity (Wildman–Crippen MR) is 71.0 cm³/mol. The fourth-order valence-electron chi connectivity index (χ4n) is 2.82. The largest absolute Gasteiger partial charge is 0.377 e. The fraction of sp³-hybridized carbons (Fsp3) is 1.00. The van der Waals surface area contributed by atoms with Crippen LogP contribution in [0.2, 0.25) is 0 Å². The van der Waals surface area contributed by atoms with Gasteiger partial charge >= 0.3 is 0 Å². The first-order chi connectivity index (χ1) is 8.59. The zero-order valence-corrected chi connectivity index (χ0v) is 11.8. The van der Waals surface area contributed by atoms with Crippen LogP contribution >= 0.6 is 0 Å². The molecule has 1 unspecified atom stereocenters. The SMILES string of the molecule is CNC1CCC(NS(=O)(=O)CC2CCCO2)CC1. The lowest BCUT2D eigenvalue weighted by molar-refractivity contribution is 0.127. The molecule has 5 nitrogen and oxygen atoms in total. The van der Waals surface area contributed by atoms with Crippen molar-refractivity contribution in [2.24, 2.45) is 0 Å². The first kappa shape index (κ1) is 14.2. The van der Waals surface area contributed by atoms with Crippen LogP contribution in [-0.2, 0) is 14.8 Å². The van der Waals surface area contributed by atoms with Gasteiger partial charge in [0, 0.05) is 18.7 Å². The number of hydrogen-bond donors (Lipinski definition) is 2. The van der Waals surface area contributed by atoms with E-state index in [0.717, 1.165) is 38.5 Å². The summed E-state index contributed by atoms with van der Waals surface area (Å²) in [5.74, 6) is 0.124. The molecule has 1 aliphatic carbocycles. The summed E-state index contributed by atoms with van der Waals surface area (Å²) in [5.41, 5.74) is 0. The number of sulfonamides is 1. The summed E-state index contributed by atoms with van der Waals surface area (Å²) in [4.78, 5) is 0. The molecule has 106 valence electrons. The second kappa shape index (κ2) is 6.32. The average Bonchev–Trinajstić information content (AvgIpc) is 2.81. The summed E-state index contributed by atoms with van der Waals surface area (Å²) < 4.78 is 32.2. The first-order valence-electron chi connectivity index (χ1n) is 6.88. The van der Waals surface area contributed by atoms with E-state index in [2.05, 4.69) is 10.0 Å². The molecule has 0 aromatic rings. The highest BCUT2D eigenvalue weighted by Gasteiger charge is 2.27. The Morgan fingerprint density at radius 2 is 1.78 bits per heavy atom. The molecule has 6 heteroatoms. The van der Waals surface area contributed by atoms with Crippen LogP contribution in [0.25, 0.3) is 0 Å². The van der Waals surface area contributed by atoms with Crippen molar-refractivity contribution in [2.75, 3.05) is 19.4 Å². The van der Waals surface area contributed by atoms with E-state index < -0.39 is 10.0 Å². The summed E-state index contributed by atoms with van der Waals surface area (Å²) in [6, 6.07) is 0.657. The number of nitrogens with one attached hydrogen (secondary N) is 2. The molecule has 2 rings (SSSR count). The summed E-state index contributed by atoms with van der Waals surface area (Å²) in [6.45, 7) is 0.702. The van der Waals surface area contributed by atoms with E-state index in [4.69, 9.17) is 4.74 Å². The minimum atomic E-state index is -3.18. The third kappa shape index (κ3) is 4.19. The second-order valence-corrected chi connectivity index (χ2v) is 7.17. The maximum absolute atomic E-state index is 12.0. The second-order valence-electron chi connectivity index (χ2n) is 5.37. The van der Waals surface area contributed by atoms with Gasteiger partial charge in [0.15, 0.2) is 0 Å². The minimum Gasteiger partial charge on any atom is -0.377 e. The molecular formula is C12H24N2O3S. The third-order valence-electron chi connectivity index (χ3n) is 3.91. The zero-order chi connectivity index (χ0) is 13.0. The average molecular weight is 276 g/mol. The van der Waals surface area contributed by atoms with Crippen LogP contribution in [0.3, 0.4) is 0 Å². The first-order valence-corrected chi connectivity index (χ1v) is 8.53. The Morgan fingerprint density at radius 3 is 2.33 bits per heavy atom. The molecule has 0 aromatic heterocycles. The van der Waals surface area contributed by atoms with Gasteiger partial charge in [0.2, 0.25) is 10.0 Å². The Bertz CT molecular complexity index is 344. The Morgan fingerprint density at radius 1 is 1.11 bits per heavy atom.